The second-order valence-corrected chi connectivity index (χ2v) is 4.75. The smallest absolute Gasteiger partial charge is 0.315 e. The Hall–Kier alpha value is -0.770. The quantitative estimate of drug-likeness (QED) is 0.645. The highest BCUT2D eigenvalue weighted by Crippen LogP contribution is 2.17. The van der Waals surface area contributed by atoms with Crippen molar-refractivity contribution in [2.45, 2.75) is 51.6 Å². The highest BCUT2D eigenvalue weighted by Gasteiger charge is 2.20. The van der Waals surface area contributed by atoms with Crippen molar-refractivity contribution in [1.29, 1.82) is 0 Å². The van der Waals surface area contributed by atoms with E-state index < -0.39 is 0 Å². The van der Waals surface area contributed by atoms with Gasteiger partial charge in [0.25, 0.3) is 0 Å². The molecule has 0 spiro atoms. The van der Waals surface area contributed by atoms with Crippen LogP contribution < -0.4 is 10.6 Å². The summed E-state index contributed by atoms with van der Waals surface area (Å²) in [7, 11) is 0. The van der Waals surface area contributed by atoms with Crippen LogP contribution in [0.4, 0.5) is 4.79 Å². The Labute approximate surface area is 91.4 Å². The zero-order chi connectivity index (χ0) is 11.3. The summed E-state index contributed by atoms with van der Waals surface area (Å²) in [4.78, 5) is 11.5. The van der Waals surface area contributed by atoms with Crippen LogP contribution in [-0.2, 0) is 0 Å². The van der Waals surface area contributed by atoms with E-state index >= 15 is 0 Å². The summed E-state index contributed by atoms with van der Waals surface area (Å²) >= 11 is 0. The van der Waals surface area contributed by atoms with Gasteiger partial charge < -0.3 is 15.7 Å². The number of carbonyl (C=O) groups excluding carboxylic acids is 1. The van der Waals surface area contributed by atoms with Crippen molar-refractivity contribution >= 4 is 6.03 Å². The highest BCUT2D eigenvalue weighted by molar-refractivity contribution is 5.74. The van der Waals surface area contributed by atoms with Crippen LogP contribution in [0.5, 0.6) is 0 Å². The molecule has 0 aromatic rings. The number of hydrogen-bond donors (Lipinski definition) is 3. The summed E-state index contributed by atoms with van der Waals surface area (Å²) in [6.07, 6.45) is 4.19. The van der Waals surface area contributed by atoms with E-state index in [1.807, 2.05) is 0 Å². The molecule has 0 radical (unpaired) electrons. The van der Waals surface area contributed by atoms with Crippen molar-refractivity contribution in [3.63, 3.8) is 0 Å². The average Bonchev–Trinajstić information content (AvgIpc) is 2.09. The normalized spacial score (nSPS) is 18.4. The number of rotatable bonds is 5. The number of amides is 2. The van der Waals surface area contributed by atoms with Gasteiger partial charge in [-0.05, 0) is 31.6 Å². The third-order valence-electron chi connectivity index (χ3n) is 2.75. The van der Waals surface area contributed by atoms with Gasteiger partial charge in [-0.15, -0.1) is 0 Å². The van der Waals surface area contributed by atoms with E-state index in [1.54, 1.807) is 0 Å². The van der Waals surface area contributed by atoms with Crippen LogP contribution in [0.3, 0.4) is 0 Å². The van der Waals surface area contributed by atoms with Crippen molar-refractivity contribution < 1.29 is 9.90 Å². The molecule has 15 heavy (non-hydrogen) atoms. The molecule has 0 aromatic carbocycles. The largest absolute Gasteiger partial charge is 0.394 e. The SMILES string of the molecule is CC(C)CC(CO)NC(=O)NC1CCC1. The Morgan fingerprint density at radius 2 is 2.13 bits per heavy atom. The monoisotopic (exact) mass is 214 g/mol. The van der Waals surface area contributed by atoms with Crippen LogP contribution in [0.2, 0.25) is 0 Å². The summed E-state index contributed by atoms with van der Waals surface area (Å²) in [5.74, 6) is 0.478. The van der Waals surface area contributed by atoms with Gasteiger partial charge in [0.15, 0.2) is 0 Å². The number of urea groups is 1. The standard InChI is InChI=1S/C11H22N2O2/c1-8(2)6-10(7-14)13-11(15)12-9-4-3-5-9/h8-10,14H,3-7H2,1-2H3,(H2,12,13,15). The molecular weight excluding hydrogens is 192 g/mol. The topological polar surface area (TPSA) is 61.4 Å². The molecular formula is C11H22N2O2. The maximum Gasteiger partial charge on any atom is 0.315 e. The maximum absolute atomic E-state index is 11.5. The van der Waals surface area contributed by atoms with Gasteiger partial charge in [-0.3, -0.25) is 0 Å². The minimum Gasteiger partial charge on any atom is -0.394 e. The molecule has 0 bridgehead atoms. The fourth-order valence-corrected chi connectivity index (χ4v) is 1.71. The molecule has 1 unspecified atom stereocenters. The zero-order valence-corrected chi connectivity index (χ0v) is 9.62. The average molecular weight is 214 g/mol. The van der Waals surface area contributed by atoms with Gasteiger partial charge in [0.2, 0.25) is 0 Å². The molecule has 0 aliphatic heterocycles. The fraction of sp³-hybridized carbons (Fsp3) is 0.909. The van der Waals surface area contributed by atoms with E-state index in [4.69, 9.17) is 5.11 Å². The Morgan fingerprint density at radius 3 is 2.53 bits per heavy atom. The van der Waals surface area contributed by atoms with Crippen molar-refractivity contribution in [1.82, 2.24) is 10.6 Å². The van der Waals surface area contributed by atoms with E-state index in [1.165, 1.54) is 6.42 Å². The van der Waals surface area contributed by atoms with Gasteiger partial charge in [-0.1, -0.05) is 13.8 Å². The highest BCUT2D eigenvalue weighted by atomic mass is 16.3. The molecule has 4 nitrogen and oxygen atoms in total. The number of carbonyl (C=O) groups is 1. The van der Waals surface area contributed by atoms with E-state index in [0.29, 0.717) is 12.0 Å². The van der Waals surface area contributed by atoms with Crippen molar-refractivity contribution in [3.05, 3.63) is 0 Å². The molecule has 3 N–H and O–H groups in total. The minimum absolute atomic E-state index is 0.0102. The molecule has 1 aliphatic carbocycles. The fourth-order valence-electron chi connectivity index (χ4n) is 1.71. The van der Waals surface area contributed by atoms with E-state index in [9.17, 15) is 4.79 Å². The minimum atomic E-state index is -0.139. The van der Waals surface area contributed by atoms with Gasteiger partial charge >= 0.3 is 6.03 Å². The van der Waals surface area contributed by atoms with Crippen molar-refractivity contribution in [2.75, 3.05) is 6.61 Å². The predicted octanol–water partition coefficient (Wildman–Crippen LogP) is 1.25. The summed E-state index contributed by atoms with van der Waals surface area (Å²) in [6, 6.07) is 0.0906. The van der Waals surface area contributed by atoms with Crippen molar-refractivity contribution in [2.24, 2.45) is 5.92 Å². The molecule has 1 atom stereocenters. The van der Waals surface area contributed by atoms with E-state index in [0.717, 1.165) is 19.3 Å². The lowest BCUT2D eigenvalue weighted by Crippen LogP contribution is -2.49. The van der Waals surface area contributed by atoms with Gasteiger partial charge in [0.1, 0.15) is 0 Å². The summed E-state index contributed by atoms with van der Waals surface area (Å²) in [5, 5.41) is 14.8. The van der Waals surface area contributed by atoms with Gasteiger partial charge in [-0.25, -0.2) is 4.79 Å². The third-order valence-corrected chi connectivity index (χ3v) is 2.75. The summed E-state index contributed by atoms with van der Waals surface area (Å²) in [6.45, 7) is 4.17. The lowest BCUT2D eigenvalue weighted by atomic mass is 9.93. The number of nitrogens with one attached hydrogen (secondary N) is 2. The van der Waals surface area contributed by atoms with Gasteiger partial charge in [0, 0.05) is 6.04 Å². The molecule has 88 valence electrons. The molecule has 1 rings (SSSR count). The predicted molar refractivity (Wildman–Crippen MR) is 59.6 cm³/mol. The van der Waals surface area contributed by atoms with Gasteiger partial charge in [0.05, 0.1) is 12.6 Å². The van der Waals surface area contributed by atoms with E-state index in [-0.39, 0.29) is 18.7 Å². The van der Waals surface area contributed by atoms with Crippen LogP contribution in [0, 0.1) is 5.92 Å². The van der Waals surface area contributed by atoms with Crippen LogP contribution >= 0.6 is 0 Å². The molecule has 0 aromatic heterocycles. The van der Waals surface area contributed by atoms with Crippen LogP contribution in [-0.4, -0.2) is 29.8 Å². The van der Waals surface area contributed by atoms with E-state index in [2.05, 4.69) is 24.5 Å². The molecule has 1 fully saturated rings. The molecule has 4 heteroatoms. The van der Waals surface area contributed by atoms with Gasteiger partial charge in [-0.2, -0.15) is 0 Å². The van der Waals surface area contributed by atoms with Crippen molar-refractivity contribution in [3.8, 4) is 0 Å². The first-order chi connectivity index (χ1) is 7.11. The first-order valence-corrected chi connectivity index (χ1v) is 5.79. The molecule has 0 heterocycles. The number of aliphatic hydroxyl groups is 1. The molecule has 2 amide bonds. The molecule has 1 aliphatic rings. The number of aliphatic hydroxyl groups excluding tert-OH is 1. The Balaban J connectivity index is 2.20. The molecule has 0 saturated heterocycles. The third kappa shape index (κ3) is 4.51. The van der Waals surface area contributed by atoms with Crippen LogP contribution in [0.15, 0.2) is 0 Å². The number of hydrogen-bond acceptors (Lipinski definition) is 2. The van der Waals surface area contributed by atoms with Crippen LogP contribution in [0.1, 0.15) is 39.5 Å². The molecule has 1 saturated carbocycles. The lowest BCUT2D eigenvalue weighted by molar-refractivity contribution is 0.200. The second kappa shape index (κ2) is 5.95. The Kier molecular flexibility index (Phi) is 4.88. The first-order valence-electron chi connectivity index (χ1n) is 5.79. The first kappa shape index (κ1) is 12.3. The maximum atomic E-state index is 11.5. The summed E-state index contributed by atoms with van der Waals surface area (Å²) in [5.41, 5.74) is 0. The lowest BCUT2D eigenvalue weighted by Gasteiger charge is -2.28. The Bertz CT molecular complexity index is 203. The second-order valence-electron chi connectivity index (χ2n) is 4.75. The Morgan fingerprint density at radius 1 is 1.47 bits per heavy atom. The summed E-state index contributed by atoms with van der Waals surface area (Å²) < 4.78 is 0. The van der Waals surface area contributed by atoms with Crippen LogP contribution in [0.25, 0.3) is 0 Å². The zero-order valence-electron chi connectivity index (χ0n) is 9.62.